The monoisotopic (exact) mass is 400 g/mol. The average molecular weight is 401 g/mol. The zero-order valence-corrected chi connectivity index (χ0v) is 14.5. The van der Waals surface area contributed by atoms with Gasteiger partial charge in [-0.15, -0.1) is 0 Å². The van der Waals surface area contributed by atoms with Gasteiger partial charge in [-0.05, 0) is 41.5 Å². The maximum atomic E-state index is 11.7. The second kappa shape index (κ2) is 7.31. The molecule has 1 heterocycles. The van der Waals surface area contributed by atoms with Crippen molar-refractivity contribution >= 4 is 39.9 Å². The molecule has 3 rings (SSSR count). The quantitative estimate of drug-likeness (QED) is 0.610. The molecule has 0 unspecified atom stereocenters. The highest BCUT2D eigenvalue weighted by Crippen LogP contribution is 2.19. The van der Waals surface area contributed by atoms with Gasteiger partial charge in [0.05, 0.1) is 0 Å². The first kappa shape index (κ1) is 16.9. The molecule has 0 spiro atoms. The normalized spacial score (nSPS) is 14.0. The summed E-state index contributed by atoms with van der Waals surface area (Å²) < 4.78 is 6.73. The molecule has 6 nitrogen and oxygen atoms in total. The highest BCUT2D eigenvalue weighted by molar-refractivity contribution is 9.10. The molecule has 0 aliphatic carbocycles. The van der Waals surface area contributed by atoms with E-state index in [-0.39, 0.29) is 5.57 Å². The Kier molecular flexibility index (Phi) is 4.95. The lowest BCUT2D eigenvalue weighted by atomic mass is 10.1. The molecule has 1 fully saturated rings. The van der Waals surface area contributed by atoms with E-state index in [1.807, 2.05) is 34.9 Å². The minimum atomic E-state index is -0.821. The van der Waals surface area contributed by atoms with Crippen LogP contribution in [0.4, 0.5) is 4.79 Å². The van der Waals surface area contributed by atoms with Gasteiger partial charge in [0.1, 0.15) is 17.9 Å². The van der Waals surface area contributed by atoms with Crippen molar-refractivity contribution in [2.24, 2.45) is 0 Å². The molecule has 2 aromatic carbocycles. The van der Waals surface area contributed by atoms with E-state index in [9.17, 15) is 14.4 Å². The third-order valence-corrected chi connectivity index (χ3v) is 3.96. The molecular weight excluding hydrogens is 388 g/mol. The van der Waals surface area contributed by atoms with Crippen LogP contribution in [0, 0.1) is 0 Å². The fraction of sp³-hybridized carbons (Fsp3) is 0.0556. The number of hydrogen-bond donors (Lipinski definition) is 2. The molecule has 0 atom stereocenters. The summed E-state index contributed by atoms with van der Waals surface area (Å²) in [5.74, 6) is -0.852. The van der Waals surface area contributed by atoms with Crippen LogP contribution in [0.3, 0.4) is 0 Å². The Bertz CT molecular complexity index is 853. The Hall–Kier alpha value is -2.93. The van der Waals surface area contributed by atoms with E-state index < -0.39 is 17.8 Å². The molecular formula is C18H13BrN2O4. The summed E-state index contributed by atoms with van der Waals surface area (Å²) >= 11 is 3.38. The predicted octanol–water partition coefficient (Wildman–Crippen LogP) is 2.78. The van der Waals surface area contributed by atoms with Gasteiger partial charge >= 0.3 is 6.03 Å². The van der Waals surface area contributed by atoms with Crippen LogP contribution in [-0.2, 0) is 16.2 Å². The molecule has 126 valence electrons. The number of carbonyl (C=O) groups is 3. The summed E-state index contributed by atoms with van der Waals surface area (Å²) in [6.45, 7) is 0.392. The minimum absolute atomic E-state index is 0.135. The number of barbiturate groups is 1. The maximum absolute atomic E-state index is 11.7. The molecule has 1 saturated heterocycles. The van der Waals surface area contributed by atoms with Crippen LogP contribution in [0.1, 0.15) is 11.1 Å². The first-order valence-electron chi connectivity index (χ1n) is 7.37. The second-order valence-corrected chi connectivity index (χ2v) is 6.20. The number of benzene rings is 2. The van der Waals surface area contributed by atoms with Gasteiger partial charge in [-0.2, -0.15) is 0 Å². The first-order chi connectivity index (χ1) is 12.0. The lowest BCUT2D eigenvalue weighted by molar-refractivity contribution is -0.123. The van der Waals surface area contributed by atoms with Gasteiger partial charge in [0.25, 0.3) is 11.8 Å². The summed E-state index contributed by atoms with van der Waals surface area (Å²) in [7, 11) is 0. The molecule has 0 radical (unpaired) electrons. The Balaban J connectivity index is 1.74. The van der Waals surface area contributed by atoms with Gasteiger partial charge in [-0.25, -0.2) is 4.79 Å². The maximum Gasteiger partial charge on any atom is 0.328 e. The highest BCUT2D eigenvalue weighted by atomic mass is 79.9. The SMILES string of the molecule is O=C1NC(=O)C(=Cc2cccc(OCc3ccc(Br)cc3)c2)C(=O)N1. The molecule has 2 N–H and O–H groups in total. The van der Waals surface area contributed by atoms with Crippen molar-refractivity contribution in [3.05, 3.63) is 69.7 Å². The van der Waals surface area contributed by atoms with E-state index in [0.29, 0.717) is 17.9 Å². The number of nitrogens with one attached hydrogen (secondary N) is 2. The van der Waals surface area contributed by atoms with Crippen molar-refractivity contribution in [3.63, 3.8) is 0 Å². The summed E-state index contributed by atoms with van der Waals surface area (Å²) in [6.07, 6.45) is 1.41. The standard InChI is InChI=1S/C18H13BrN2O4/c19-13-6-4-11(5-7-13)10-25-14-3-1-2-12(8-14)9-15-16(22)20-18(24)21-17(15)23/h1-9H,10H2,(H2,20,21,22,23,24). The molecule has 1 aliphatic heterocycles. The van der Waals surface area contributed by atoms with E-state index in [4.69, 9.17) is 4.74 Å². The Morgan fingerprint density at radius 3 is 2.32 bits per heavy atom. The molecule has 1 aliphatic rings. The highest BCUT2D eigenvalue weighted by Gasteiger charge is 2.27. The van der Waals surface area contributed by atoms with E-state index in [0.717, 1.165) is 10.0 Å². The van der Waals surface area contributed by atoms with Crippen LogP contribution >= 0.6 is 15.9 Å². The molecule has 2 aromatic rings. The van der Waals surface area contributed by atoms with E-state index in [1.165, 1.54) is 6.08 Å². The van der Waals surface area contributed by atoms with Crippen molar-refractivity contribution in [1.82, 2.24) is 10.6 Å². The predicted molar refractivity (Wildman–Crippen MR) is 94.6 cm³/mol. The lowest BCUT2D eigenvalue weighted by Gasteiger charge is -2.14. The largest absolute Gasteiger partial charge is 0.489 e. The third-order valence-electron chi connectivity index (χ3n) is 3.43. The molecule has 0 saturated carbocycles. The van der Waals surface area contributed by atoms with Gasteiger partial charge in [-0.3, -0.25) is 20.2 Å². The molecule has 4 amide bonds. The van der Waals surface area contributed by atoms with Crippen molar-refractivity contribution in [2.75, 3.05) is 0 Å². The Labute approximate surface area is 152 Å². The van der Waals surface area contributed by atoms with Crippen molar-refractivity contribution < 1.29 is 19.1 Å². The van der Waals surface area contributed by atoms with Crippen molar-refractivity contribution in [1.29, 1.82) is 0 Å². The van der Waals surface area contributed by atoms with E-state index in [1.54, 1.807) is 24.3 Å². The zero-order chi connectivity index (χ0) is 17.8. The van der Waals surface area contributed by atoms with Crippen LogP contribution < -0.4 is 15.4 Å². The molecule has 0 bridgehead atoms. The van der Waals surface area contributed by atoms with Crippen LogP contribution in [0.2, 0.25) is 0 Å². The van der Waals surface area contributed by atoms with Crippen LogP contribution in [0.5, 0.6) is 5.75 Å². The van der Waals surface area contributed by atoms with Crippen LogP contribution in [-0.4, -0.2) is 17.8 Å². The number of amides is 4. The molecule has 0 aromatic heterocycles. The summed E-state index contributed by atoms with van der Waals surface area (Å²) in [5, 5.41) is 4.07. The van der Waals surface area contributed by atoms with Gasteiger partial charge in [0.15, 0.2) is 0 Å². The summed E-state index contributed by atoms with van der Waals surface area (Å²) in [6, 6.07) is 13.9. The van der Waals surface area contributed by atoms with Crippen LogP contribution in [0.25, 0.3) is 6.08 Å². The Morgan fingerprint density at radius 2 is 1.64 bits per heavy atom. The lowest BCUT2D eigenvalue weighted by Crippen LogP contribution is -2.51. The number of hydrogen-bond acceptors (Lipinski definition) is 4. The molecule has 7 heteroatoms. The number of ether oxygens (including phenoxy) is 1. The second-order valence-electron chi connectivity index (χ2n) is 5.28. The fourth-order valence-corrected chi connectivity index (χ4v) is 2.48. The minimum Gasteiger partial charge on any atom is -0.489 e. The average Bonchev–Trinajstić information content (AvgIpc) is 2.58. The Morgan fingerprint density at radius 1 is 0.960 bits per heavy atom. The van der Waals surface area contributed by atoms with Crippen molar-refractivity contribution in [3.8, 4) is 5.75 Å². The number of imide groups is 2. The number of carbonyl (C=O) groups excluding carboxylic acids is 3. The number of urea groups is 1. The van der Waals surface area contributed by atoms with Gasteiger partial charge in [-0.1, -0.05) is 40.2 Å². The van der Waals surface area contributed by atoms with Gasteiger partial charge < -0.3 is 4.74 Å². The smallest absolute Gasteiger partial charge is 0.328 e. The number of rotatable bonds is 4. The first-order valence-corrected chi connectivity index (χ1v) is 8.16. The van der Waals surface area contributed by atoms with E-state index >= 15 is 0 Å². The van der Waals surface area contributed by atoms with Gasteiger partial charge in [0.2, 0.25) is 0 Å². The number of halogens is 1. The third kappa shape index (κ3) is 4.33. The summed E-state index contributed by atoms with van der Waals surface area (Å²) in [5.41, 5.74) is 1.49. The van der Waals surface area contributed by atoms with Crippen LogP contribution in [0.15, 0.2) is 58.6 Å². The zero-order valence-electron chi connectivity index (χ0n) is 12.9. The van der Waals surface area contributed by atoms with E-state index in [2.05, 4.69) is 15.9 Å². The molecule has 25 heavy (non-hydrogen) atoms. The fourth-order valence-electron chi connectivity index (χ4n) is 2.21. The van der Waals surface area contributed by atoms with Gasteiger partial charge in [0, 0.05) is 4.47 Å². The topological polar surface area (TPSA) is 84.5 Å². The summed E-state index contributed by atoms with van der Waals surface area (Å²) in [4.78, 5) is 34.6. The van der Waals surface area contributed by atoms with Crippen molar-refractivity contribution in [2.45, 2.75) is 6.61 Å².